The molecule has 0 bridgehead atoms. The van der Waals surface area contributed by atoms with Gasteiger partial charge in [0, 0.05) is 24.5 Å². The summed E-state index contributed by atoms with van der Waals surface area (Å²) in [6.45, 7) is 2.05. The first-order chi connectivity index (χ1) is 9.15. The van der Waals surface area contributed by atoms with Crippen molar-refractivity contribution in [1.82, 2.24) is 4.98 Å². The minimum Gasteiger partial charge on any atom is -0.392 e. The van der Waals surface area contributed by atoms with Crippen LogP contribution in [0, 0.1) is 0 Å². The van der Waals surface area contributed by atoms with E-state index in [1.807, 2.05) is 11.9 Å². The van der Waals surface area contributed by atoms with Crippen molar-refractivity contribution in [3.05, 3.63) is 52.7 Å². The fourth-order valence-corrected chi connectivity index (χ4v) is 2.02. The molecule has 3 nitrogen and oxygen atoms in total. The van der Waals surface area contributed by atoms with Gasteiger partial charge in [-0.1, -0.05) is 30.7 Å². The quantitative estimate of drug-likeness (QED) is 0.928. The fraction of sp³-hybridized carbons (Fsp3) is 0.267. The van der Waals surface area contributed by atoms with Gasteiger partial charge in [0.15, 0.2) is 0 Å². The van der Waals surface area contributed by atoms with Crippen LogP contribution in [0.3, 0.4) is 0 Å². The average molecular weight is 277 g/mol. The third-order valence-corrected chi connectivity index (χ3v) is 3.51. The number of aromatic nitrogens is 1. The van der Waals surface area contributed by atoms with Gasteiger partial charge in [-0.15, -0.1) is 0 Å². The number of aliphatic hydroxyl groups is 1. The van der Waals surface area contributed by atoms with Crippen LogP contribution in [0.1, 0.15) is 18.1 Å². The van der Waals surface area contributed by atoms with E-state index < -0.39 is 0 Å². The smallest absolute Gasteiger partial charge is 0.133 e. The van der Waals surface area contributed by atoms with Crippen LogP contribution in [0.15, 0.2) is 36.5 Å². The Balaban J connectivity index is 2.29. The zero-order valence-corrected chi connectivity index (χ0v) is 11.9. The van der Waals surface area contributed by atoms with Crippen molar-refractivity contribution in [2.75, 3.05) is 11.9 Å². The van der Waals surface area contributed by atoms with Gasteiger partial charge >= 0.3 is 0 Å². The van der Waals surface area contributed by atoms with Crippen LogP contribution in [0.4, 0.5) is 11.5 Å². The maximum absolute atomic E-state index is 9.23. The van der Waals surface area contributed by atoms with Crippen molar-refractivity contribution in [2.24, 2.45) is 0 Å². The van der Waals surface area contributed by atoms with Crippen molar-refractivity contribution in [3.8, 4) is 0 Å². The molecule has 1 aromatic carbocycles. The van der Waals surface area contributed by atoms with Crippen LogP contribution in [-0.4, -0.2) is 17.1 Å². The molecule has 0 saturated heterocycles. The van der Waals surface area contributed by atoms with E-state index in [9.17, 15) is 5.11 Å². The molecule has 1 N–H and O–H groups in total. The summed E-state index contributed by atoms with van der Waals surface area (Å²) in [6.07, 6.45) is 2.59. The van der Waals surface area contributed by atoms with E-state index >= 15 is 0 Å². The van der Waals surface area contributed by atoms with Crippen molar-refractivity contribution < 1.29 is 5.11 Å². The lowest BCUT2D eigenvalue weighted by Gasteiger charge is -2.19. The molecule has 0 amide bonds. The minimum atomic E-state index is -0.0863. The molecule has 0 aliphatic heterocycles. The summed E-state index contributed by atoms with van der Waals surface area (Å²) in [5.74, 6) is 0.762. The Morgan fingerprint density at radius 3 is 2.53 bits per heavy atom. The Morgan fingerprint density at radius 2 is 1.95 bits per heavy atom. The van der Waals surface area contributed by atoms with E-state index in [1.165, 1.54) is 5.56 Å². The first-order valence-electron chi connectivity index (χ1n) is 6.23. The maximum atomic E-state index is 9.23. The van der Waals surface area contributed by atoms with Gasteiger partial charge in [0.25, 0.3) is 0 Å². The molecule has 0 radical (unpaired) electrons. The molecule has 0 atom stereocenters. The molecular weight excluding hydrogens is 260 g/mol. The molecule has 1 aromatic heterocycles. The Kier molecular flexibility index (Phi) is 4.40. The number of pyridine rings is 1. The summed E-state index contributed by atoms with van der Waals surface area (Å²) in [7, 11) is 1.94. The molecule has 19 heavy (non-hydrogen) atoms. The lowest BCUT2D eigenvalue weighted by molar-refractivity contribution is 0.282. The monoisotopic (exact) mass is 276 g/mol. The summed E-state index contributed by atoms with van der Waals surface area (Å²) >= 11 is 5.95. The third kappa shape index (κ3) is 3.06. The van der Waals surface area contributed by atoms with E-state index in [-0.39, 0.29) is 6.61 Å². The molecule has 0 fully saturated rings. The average Bonchev–Trinajstić information content (AvgIpc) is 2.47. The van der Waals surface area contributed by atoms with E-state index in [2.05, 4.69) is 36.2 Å². The third-order valence-electron chi connectivity index (χ3n) is 3.17. The van der Waals surface area contributed by atoms with Crippen LogP contribution in [0.5, 0.6) is 0 Å². The standard InChI is InChI=1S/C15H17ClN2O/c1-3-11-4-6-13(7-5-11)18(2)15-8-12(10-19)14(16)9-17-15/h4-9,19H,3,10H2,1-2H3. The van der Waals surface area contributed by atoms with Crippen molar-refractivity contribution >= 4 is 23.1 Å². The normalized spacial score (nSPS) is 10.5. The predicted octanol–water partition coefficient (Wildman–Crippen LogP) is 3.56. The number of hydrogen-bond acceptors (Lipinski definition) is 3. The number of anilines is 2. The van der Waals surface area contributed by atoms with Crippen molar-refractivity contribution in [2.45, 2.75) is 20.0 Å². The molecule has 100 valence electrons. The van der Waals surface area contributed by atoms with E-state index in [1.54, 1.807) is 12.3 Å². The highest BCUT2D eigenvalue weighted by molar-refractivity contribution is 6.31. The topological polar surface area (TPSA) is 36.4 Å². The molecule has 0 spiro atoms. The minimum absolute atomic E-state index is 0.0863. The highest BCUT2D eigenvalue weighted by Gasteiger charge is 2.08. The number of rotatable bonds is 4. The summed E-state index contributed by atoms with van der Waals surface area (Å²) in [5, 5.41) is 9.72. The number of hydrogen-bond donors (Lipinski definition) is 1. The molecular formula is C15H17ClN2O. The maximum Gasteiger partial charge on any atom is 0.133 e. The van der Waals surface area contributed by atoms with Crippen molar-refractivity contribution in [3.63, 3.8) is 0 Å². The Labute approximate surface area is 118 Å². The van der Waals surface area contributed by atoms with Gasteiger partial charge in [-0.2, -0.15) is 0 Å². The number of nitrogens with zero attached hydrogens (tertiary/aromatic N) is 2. The summed E-state index contributed by atoms with van der Waals surface area (Å²) < 4.78 is 0. The number of aliphatic hydroxyl groups excluding tert-OH is 1. The second-order valence-corrected chi connectivity index (χ2v) is 4.78. The predicted molar refractivity (Wildman–Crippen MR) is 79.1 cm³/mol. The summed E-state index contributed by atoms with van der Waals surface area (Å²) in [6, 6.07) is 10.1. The van der Waals surface area contributed by atoms with Crippen LogP contribution in [0.2, 0.25) is 5.02 Å². The Bertz CT molecular complexity index is 555. The van der Waals surface area contributed by atoms with Gasteiger partial charge < -0.3 is 10.0 Å². The van der Waals surface area contributed by atoms with Crippen LogP contribution < -0.4 is 4.90 Å². The molecule has 0 saturated carbocycles. The van der Waals surface area contributed by atoms with Gasteiger partial charge in [-0.25, -0.2) is 4.98 Å². The molecule has 1 heterocycles. The van der Waals surface area contributed by atoms with Gasteiger partial charge in [0.2, 0.25) is 0 Å². The molecule has 0 aliphatic rings. The first kappa shape index (κ1) is 13.8. The first-order valence-corrected chi connectivity index (χ1v) is 6.61. The van der Waals surface area contributed by atoms with Gasteiger partial charge in [-0.05, 0) is 30.2 Å². The lowest BCUT2D eigenvalue weighted by atomic mass is 10.1. The molecule has 2 rings (SSSR count). The van der Waals surface area contributed by atoms with Gasteiger partial charge in [0.1, 0.15) is 5.82 Å². The second-order valence-electron chi connectivity index (χ2n) is 4.37. The van der Waals surface area contributed by atoms with Crippen molar-refractivity contribution in [1.29, 1.82) is 0 Å². The van der Waals surface area contributed by atoms with E-state index in [4.69, 9.17) is 11.6 Å². The second kappa shape index (κ2) is 6.04. The van der Waals surface area contributed by atoms with E-state index in [0.717, 1.165) is 17.9 Å². The Hall–Kier alpha value is -1.58. The van der Waals surface area contributed by atoms with Crippen LogP contribution >= 0.6 is 11.6 Å². The van der Waals surface area contributed by atoms with Gasteiger partial charge in [0.05, 0.1) is 11.6 Å². The zero-order chi connectivity index (χ0) is 13.8. The largest absolute Gasteiger partial charge is 0.392 e. The SMILES string of the molecule is CCc1ccc(N(C)c2cc(CO)c(Cl)cn2)cc1. The number of benzene rings is 1. The fourth-order valence-electron chi connectivity index (χ4n) is 1.86. The lowest BCUT2D eigenvalue weighted by Crippen LogP contribution is -2.11. The van der Waals surface area contributed by atoms with E-state index in [0.29, 0.717) is 10.6 Å². The highest BCUT2D eigenvalue weighted by Crippen LogP contribution is 2.25. The molecule has 2 aromatic rings. The zero-order valence-electron chi connectivity index (χ0n) is 11.1. The van der Waals surface area contributed by atoms with Crippen LogP contribution in [-0.2, 0) is 13.0 Å². The van der Waals surface area contributed by atoms with Crippen LogP contribution in [0.25, 0.3) is 0 Å². The summed E-state index contributed by atoms with van der Waals surface area (Å²) in [4.78, 5) is 6.26. The van der Waals surface area contributed by atoms with Gasteiger partial charge in [-0.3, -0.25) is 0 Å². The Morgan fingerprint density at radius 1 is 1.26 bits per heavy atom. The molecule has 4 heteroatoms. The number of aryl methyl sites for hydroxylation is 1. The molecule has 0 unspecified atom stereocenters. The molecule has 0 aliphatic carbocycles. The number of halogens is 1. The summed E-state index contributed by atoms with van der Waals surface area (Å²) in [5.41, 5.74) is 3.04. The highest BCUT2D eigenvalue weighted by atomic mass is 35.5.